The first-order chi connectivity index (χ1) is 11.7. The quantitative estimate of drug-likeness (QED) is 0.535. The van der Waals surface area contributed by atoms with Gasteiger partial charge in [-0.25, -0.2) is 9.48 Å². The summed E-state index contributed by atoms with van der Waals surface area (Å²) in [7, 11) is 1.36. The minimum absolute atomic E-state index is 0.371. The molecule has 0 radical (unpaired) electrons. The van der Waals surface area contributed by atoms with Gasteiger partial charge in [-0.1, -0.05) is 53.7 Å². The van der Waals surface area contributed by atoms with Crippen LogP contribution in [0, 0.1) is 0 Å². The summed E-state index contributed by atoms with van der Waals surface area (Å²) in [5.74, 6) is -0.371. The number of ether oxygens (including phenoxy) is 1. The summed E-state index contributed by atoms with van der Waals surface area (Å²) in [6, 6.07) is 17.8. The molecule has 0 amide bonds. The highest BCUT2D eigenvalue weighted by atomic mass is 16.5. The molecule has 120 valence electrons. The molecule has 0 fully saturated rings. The van der Waals surface area contributed by atoms with Crippen molar-refractivity contribution in [1.29, 1.82) is 0 Å². The number of carbonyl (C=O) groups excluding carboxylic acids is 1. The highest BCUT2D eigenvalue weighted by Crippen LogP contribution is 2.16. The van der Waals surface area contributed by atoms with Crippen LogP contribution in [0.3, 0.4) is 0 Å². The van der Waals surface area contributed by atoms with Crippen LogP contribution in [0.15, 0.2) is 66.9 Å². The number of carbonyl (C=O) groups is 1. The number of hydrogen-bond acceptors (Lipinski definition) is 4. The van der Waals surface area contributed by atoms with Crippen molar-refractivity contribution in [3.05, 3.63) is 78.0 Å². The Hall–Kier alpha value is -3.21. The van der Waals surface area contributed by atoms with Gasteiger partial charge in [0.25, 0.3) is 0 Å². The standard InChI is InChI=1S/C19H17N3O2/c1-24-19(23)11-10-15-6-5-7-16(12-15)13-22-14-18(20-21-22)17-8-3-2-4-9-17/h2-12,14H,13H2,1H3. The molecule has 0 atom stereocenters. The molecule has 0 saturated carbocycles. The molecule has 2 aromatic carbocycles. The second-order valence-corrected chi connectivity index (χ2v) is 5.27. The summed E-state index contributed by atoms with van der Waals surface area (Å²) in [5, 5.41) is 8.39. The zero-order valence-corrected chi connectivity index (χ0v) is 13.3. The lowest BCUT2D eigenvalue weighted by atomic mass is 10.1. The number of benzene rings is 2. The fraction of sp³-hybridized carbons (Fsp3) is 0.105. The number of nitrogens with zero attached hydrogens (tertiary/aromatic N) is 3. The van der Waals surface area contributed by atoms with E-state index in [0.29, 0.717) is 6.54 Å². The predicted molar refractivity (Wildman–Crippen MR) is 92.1 cm³/mol. The van der Waals surface area contributed by atoms with Crippen LogP contribution >= 0.6 is 0 Å². The van der Waals surface area contributed by atoms with Crippen LogP contribution in [0.2, 0.25) is 0 Å². The maximum atomic E-state index is 11.2. The first-order valence-electron chi connectivity index (χ1n) is 7.55. The van der Waals surface area contributed by atoms with Crippen LogP contribution in [0.4, 0.5) is 0 Å². The van der Waals surface area contributed by atoms with Crippen molar-refractivity contribution in [2.24, 2.45) is 0 Å². The first kappa shape index (κ1) is 15.7. The van der Waals surface area contributed by atoms with Crippen molar-refractivity contribution in [2.75, 3.05) is 7.11 Å². The Morgan fingerprint density at radius 2 is 2.00 bits per heavy atom. The minimum atomic E-state index is -0.371. The van der Waals surface area contributed by atoms with Crippen LogP contribution in [0.5, 0.6) is 0 Å². The van der Waals surface area contributed by atoms with Crippen LogP contribution in [-0.4, -0.2) is 28.1 Å². The number of hydrogen-bond donors (Lipinski definition) is 0. The lowest BCUT2D eigenvalue weighted by Crippen LogP contribution is -2.00. The van der Waals surface area contributed by atoms with E-state index in [4.69, 9.17) is 0 Å². The van der Waals surface area contributed by atoms with Crippen molar-refractivity contribution in [2.45, 2.75) is 6.54 Å². The summed E-state index contributed by atoms with van der Waals surface area (Å²) in [4.78, 5) is 11.2. The lowest BCUT2D eigenvalue weighted by Gasteiger charge is -2.02. The van der Waals surface area contributed by atoms with E-state index in [1.807, 2.05) is 60.8 Å². The Morgan fingerprint density at radius 1 is 1.17 bits per heavy atom. The molecule has 0 bridgehead atoms. The largest absolute Gasteiger partial charge is 0.466 e. The van der Waals surface area contributed by atoms with Crippen molar-refractivity contribution < 1.29 is 9.53 Å². The van der Waals surface area contributed by atoms with E-state index >= 15 is 0 Å². The molecule has 1 aromatic heterocycles. The Labute approximate surface area is 140 Å². The molecule has 0 spiro atoms. The Morgan fingerprint density at radius 3 is 2.79 bits per heavy atom. The second-order valence-electron chi connectivity index (χ2n) is 5.27. The molecular formula is C19H17N3O2. The van der Waals surface area contributed by atoms with E-state index in [0.717, 1.165) is 22.4 Å². The van der Waals surface area contributed by atoms with Crippen molar-refractivity contribution in [3.8, 4) is 11.3 Å². The van der Waals surface area contributed by atoms with E-state index in [2.05, 4.69) is 15.0 Å². The normalized spacial score (nSPS) is 10.9. The van der Waals surface area contributed by atoms with Gasteiger partial charge in [0.15, 0.2) is 0 Å². The fourth-order valence-corrected chi connectivity index (χ4v) is 2.33. The van der Waals surface area contributed by atoms with E-state index < -0.39 is 0 Å². The van der Waals surface area contributed by atoms with Gasteiger partial charge >= 0.3 is 5.97 Å². The summed E-state index contributed by atoms with van der Waals surface area (Å²) in [6.45, 7) is 0.611. The summed E-state index contributed by atoms with van der Waals surface area (Å²) < 4.78 is 6.39. The summed E-state index contributed by atoms with van der Waals surface area (Å²) >= 11 is 0. The van der Waals surface area contributed by atoms with Crippen LogP contribution in [0.25, 0.3) is 17.3 Å². The highest BCUT2D eigenvalue weighted by molar-refractivity contribution is 5.86. The van der Waals surface area contributed by atoms with Gasteiger partial charge < -0.3 is 4.74 Å². The van der Waals surface area contributed by atoms with Gasteiger partial charge in [0.2, 0.25) is 0 Å². The number of methoxy groups -OCH3 is 1. The lowest BCUT2D eigenvalue weighted by molar-refractivity contribution is -0.134. The Bertz CT molecular complexity index is 854. The molecule has 0 aliphatic rings. The van der Waals surface area contributed by atoms with E-state index in [-0.39, 0.29) is 5.97 Å². The topological polar surface area (TPSA) is 57.0 Å². The van der Waals surface area contributed by atoms with Gasteiger partial charge in [0.1, 0.15) is 5.69 Å². The van der Waals surface area contributed by atoms with Crippen molar-refractivity contribution in [3.63, 3.8) is 0 Å². The van der Waals surface area contributed by atoms with Gasteiger partial charge in [-0.05, 0) is 23.3 Å². The molecular weight excluding hydrogens is 302 g/mol. The average molecular weight is 319 g/mol. The van der Waals surface area contributed by atoms with E-state index in [1.54, 1.807) is 10.8 Å². The molecule has 0 N–H and O–H groups in total. The van der Waals surface area contributed by atoms with Gasteiger partial charge in [-0.3, -0.25) is 0 Å². The third kappa shape index (κ3) is 3.95. The predicted octanol–water partition coefficient (Wildman–Crippen LogP) is 3.18. The summed E-state index contributed by atoms with van der Waals surface area (Å²) in [5.41, 5.74) is 3.89. The van der Waals surface area contributed by atoms with Gasteiger partial charge in [0, 0.05) is 11.6 Å². The number of esters is 1. The van der Waals surface area contributed by atoms with E-state index in [9.17, 15) is 4.79 Å². The molecule has 5 nitrogen and oxygen atoms in total. The average Bonchev–Trinajstić information content (AvgIpc) is 3.09. The Balaban J connectivity index is 1.74. The van der Waals surface area contributed by atoms with Gasteiger partial charge in [-0.2, -0.15) is 0 Å². The molecule has 1 heterocycles. The van der Waals surface area contributed by atoms with Crippen molar-refractivity contribution in [1.82, 2.24) is 15.0 Å². The SMILES string of the molecule is COC(=O)C=Cc1cccc(Cn2cc(-c3ccccc3)nn2)c1. The molecule has 0 saturated heterocycles. The molecule has 5 heteroatoms. The number of aromatic nitrogens is 3. The molecule has 0 aliphatic heterocycles. The smallest absolute Gasteiger partial charge is 0.330 e. The van der Waals surface area contributed by atoms with Crippen molar-refractivity contribution >= 4 is 12.0 Å². The highest BCUT2D eigenvalue weighted by Gasteiger charge is 2.04. The molecule has 0 aliphatic carbocycles. The second kappa shape index (κ2) is 7.37. The third-order valence-electron chi connectivity index (χ3n) is 3.52. The maximum absolute atomic E-state index is 11.2. The van der Waals surface area contributed by atoms with Crippen LogP contribution in [-0.2, 0) is 16.1 Å². The fourth-order valence-electron chi connectivity index (χ4n) is 2.33. The van der Waals surface area contributed by atoms with Gasteiger partial charge in [-0.15, -0.1) is 5.10 Å². The van der Waals surface area contributed by atoms with Crippen LogP contribution in [0.1, 0.15) is 11.1 Å². The zero-order valence-electron chi connectivity index (χ0n) is 13.3. The Kier molecular flexibility index (Phi) is 4.81. The molecule has 24 heavy (non-hydrogen) atoms. The summed E-state index contributed by atoms with van der Waals surface area (Å²) in [6.07, 6.45) is 5.06. The van der Waals surface area contributed by atoms with E-state index in [1.165, 1.54) is 13.2 Å². The molecule has 3 rings (SSSR count). The molecule has 3 aromatic rings. The zero-order chi connectivity index (χ0) is 16.8. The number of rotatable bonds is 5. The first-order valence-corrected chi connectivity index (χ1v) is 7.55. The third-order valence-corrected chi connectivity index (χ3v) is 3.52. The molecule has 0 unspecified atom stereocenters. The van der Waals surface area contributed by atoms with Crippen LogP contribution < -0.4 is 0 Å². The van der Waals surface area contributed by atoms with Gasteiger partial charge in [0.05, 0.1) is 19.9 Å². The minimum Gasteiger partial charge on any atom is -0.466 e. The maximum Gasteiger partial charge on any atom is 0.330 e. The monoisotopic (exact) mass is 319 g/mol.